The van der Waals surface area contributed by atoms with Crippen molar-refractivity contribution in [2.24, 2.45) is 0 Å². The van der Waals surface area contributed by atoms with Crippen LogP contribution in [0.25, 0.3) is 0 Å². The minimum absolute atomic E-state index is 0.150. The number of aromatic nitrogens is 3. The smallest absolute Gasteiger partial charge is 0.321 e. The van der Waals surface area contributed by atoms with E-state index in [9.17, 15) is 14.9 Å². The van der Waals surface area contributed by atoms with Crippen molar-refractivity contribution in [3.05, 3.63) is 46.2 Å². The molecule has 19 heavy (non-hydrogen) atoms. The summed E-state index contributed by atoms with van der Waals surface area (Å²) >= 11 is 0. The van der Waals surface area contributed by atoms with Crippen molar-refractivity contribution in [1.29, 1.82) is 0 Å². The third-order valence-electron chi connectivity index (χ3n) is 2.67. The summed E-state index contributed by atoms with van der Waals surface area (Å²) in [5, 5.41) is 13.3. The molecule has 8 nitrogen and oxygen atoms in total. The first-order chi connectivity index (χ1) is 9.11. The van der Waals surface area contributed by atoms with Crippen molar-refractivity contribution in [3.8, 4) is 0 Å². The normalized spacial score (nSPS) is 12.1. The Bertz CT molecular complexity index is 575. The van der Waals surface area contributed by atoms with Gasteiger partial charge in [-0.25, -0.2) is 9.97 Å². The highest BCUT2D eigenvalue weighted by Gasteiger charge is 2.20. The van der Waals surface area contributed by atoms with Crippen molar-refractivity contribution in [2.45, 2.75) is 19.4 Å². The Balaban J connectivity index is 2.09. The molecule has 0 aromatic carbocycles. The van der Waals surface area contributed by atoms with Crippen LogP contribution in [0.4, 0.5) is 5.82 Å². The Morgan fingerprint density at radius 2 is 2.37 bits per heavy atom. The van der Waals surface area contributed by atoms with E-state index < -0.39 is 10.8 Å². The topological polar surface area (TPSA) is 117 Å². The average Bonchev–Trinajstić information content (AvgIpc) is 3.05. The zero-order valence-corrected chi connectivity index (χ0v) is 10.2. The zero-order valence-electron chi connectivity index (χ0n) is 10.2. The molecule has 0 aliphatic heterocycles. The van der Waals surface area contributed by atoms with Gasteiger partial charge in [0.1, 0.15) is 5.82 Å². The van der Waals surface area contributed by atoms with Crippen LogP contribution in [-0.2, 0) is 0 Å². The zero-order chi connectivity index (χ0) is 13.8. The molecule has 2 aromatic rings. The van der Waals surface area contributed by atoms with Gasteiger partial charge in [-0.1, -0.05) is 6.92 Å². The highest BCUT2D eigenvalue weighted by molar-refractivity contribution is 5.93. The van der Waals surface area contributed by atoms with E-state index in [0.717, 1.165) is 0 Å². The Labute approximate surface area is 108 Å². The number of rotatable bonds is 5. The second-order valence-electron chi connectivity index (χ2n) is 3.92. The van der Waals surface area contributed by atoms with Crippen LogP contribution in [0.3, 0.4) is 0 Å². The molecule has 0 bridgehead atoms. The monoisotopic (exact) mass is 263 g/mol. The molecular weight excluding hydrogens is 250 g/mol. The van der Waals surface area contributed by atoms with E-state index >= 15 is 0 Å². The van der Waals surface area contributed by atoms with Gasteiger partial charge in [-0.05, 0) is 17.4 Å². The molecule has 100 valence electrons. The molecule has 1 atom stereocenters. The second kappa shape index (κ2) is 5.34. The summed E-state index contributed by atoms with van der Waals surface area (Å²) in [5.74, 6) is 0.0319. The Kier molecular flexibility index (Phi) is 3.60. The summed E-state index contributed by atoms with van der Waals surface area (Å²) in [6.07, 6.45) is 3.93. The van der Waals surface area contributed by atoms with Gasteiger partial charge in [0.25, 0.3) is 5.91 Å². The molecule has 0 spiro atoms. The molecule has 0 saturated carbocycles. The van der Waals surface area contributed by atoms with E-state index in [1.807, 2.05) is 6.92 Å². The maximum atomic E-state index is 11.9. The molecule has 0 fully saturated rings. The molecule has 2 rings (SSSR count). The molecule has 0 aliphatic rings. The largest absolute Gasteiger partial charge is 0.358 e. The summed E-state index contributed by atoms with van der Waals surface area (Å²) in [4.78, 5) is 31.3. The number of amides is 1. The van der Waals surface area contributed by atoms with Gasteiger partial charge >= 0.3 is 5.82 Å². The van der Waals surface area contributed by atoms with Crippen molar-refractivity contribution in [3.63, 3.8) is 0 Å². The summed E-state index contributed by atoms with van der Waals surface area (Å²) in [6.45, 7) is 1.91. The van der Waals surface area contributed by atoms with Gasteiger partial charge in [0.05, 0.1) is 6.04 Å². The molecule has 0 radical (unpaired) electrons. The number of carbonyl (C=O) groups is 1. The standard InChI is InChI=1S/C11H13N5O3/c1-2-7(10-12-5-6-13-10)15-11(17)8-3-4-9(14-8)16(18)19/h3-7,14H,2H2,1H3,(H,12,13)(H,15,17). The maximum absolute atomic E-state index is 11.9. The molecule has 2 heterocycles. The van der Waals surface area contributed by atoms with E-state index in [1.54, 1.807) is 12.4 Å². The molecular formula is C11H13N5O3. The first-order valence-electron chi connectivity index (χ1n) is 5.75. The first kappa shape index (κ1) is 12.8. The third-order valence-corrected chi connectivity index (χ3v) is 2.67. The SMILES string of the molecule is CCC(NC(=O)c1ccc([N+](=O)[O-])[nH]1)c1ncc[nH]1. The van der Waals surface area contributed by atoms with Gasteiger partial charge in [-0.2, -0.15) is 0 Å². The number of nitrogens with zero attached hydrogens (tertiary/aromatic N) is 2. The lowest BCUT2D eigenvalue weighted by Crippen LogP contribution is -2.29. The molecule has 0 aliphatic carbocycles. The van der Waals surface area contributed by atoms with Crippen molar-refractivity contribution in [2.75, 3.05) is 0 Å². The predicted octanol–water partition coefficient (Wildman–Crippen LogP) is 1.53. The molecule has 0 saturated heterocycles. The van der Waals surface area contributed by atoms with Crippen LogP contribution in [0.5, 0.6) is 0 Å². The maximum Gasteiger partial charge on any atom is 0.321 e. The number of imidazole rings is 1. The third kappa shape index (κ3) is 2.79. The second-order valence-corrected chi connectivity index (χ2v) is 3.92. The van der Waals surface area contributed by atoms with Gasteiger partial charge in [-0.3, -0.25) is 4.79 Å². The van der Waals surface area contributed by atoms with E-state index in [1.165, 1.54) is 12.1 Å². The van der Waals surface area contributed by atoms with Gasteiger partial charge in [0, 0.05) is 18.5 Å². The Morgan fingerprint density at radius 3 is 2.89 bits per heavy atom. The summed E-state index contributed by atoms with van der Waals surface area (Å²) in [6, 6.07) is 2.37. The van der Waals surface area contributed by atoms with E-state index in [0.29, 0.717) is 12.2 Å². The Hall–Kier alpha value is -2.64. The fourth-order valence-corrected chi connectivity index (χ4v) is 1.69. The van der Waals surface area contributed by atoms with Crippen molar-refractivity contribution in [1.82, 2.24) is 20.3 Å². The van der Waals surface area contributed by atoms with Gasteiger partial charge in [0.15, 0.2) is 5.69 Å². The molecule has 1 amide bonds. The molecule has 2 aromatic heterocycles. The fourth-order valence-electron chi connectivity index (χ4n) is 1.69. The highest BCUT2D eigenvalue weighted by Crippen LogP contribution is 2.14. The van der Waals surface area contributed by atoms with Crippen LogP contribution >= 0.6 is 0 Å². The number of aromatic amines is 2. The lowest BCUT2D eigenvalue weighted by atomic mass is 10.2. The lowest BCUT2D eigenvalue weighted by molar-refractivity contribution is -0.389. The minimum Gasteiger partial charge on any atom is -0.358 e. The Morgan fingerprint density at radius 1 is 1.58 bits per heavy atom. The van der Waals surface area contributed by atoms with Crippen LogP contribution in [-0.4, -0.2) is 25.8 Å². The van der Waals surface area contributed by atoms with Gasteiger partial charge < -0.3 is 20.4 Å². The van der Waals surface area contributed by atoms with Crippen LogP contribution < -0.4 is 5.32 Å². The highest BCUT2D eigenvalue weighted by atomic mass is 16.6. The van der Waals surface area contributed by atoms with Crippen LogP contribution in [0.1, 0.15) is 35.7 Å². The molecule has 1 unspecified atom stereocenters. The van der Waals surface area contributed by atoms with Gasteiger partial charge in [-0.15, -0.1) is 0 Å². The van der Waals surface area contributed by atoms with Crippen molar-refractivity contribution < 1.29 is 9.72 Å². The van der Waals surface area contributed by atoms with Crippen LogP contribution in [0, 0.1) is 10.1 Å². The number of nitrogens with one attached hydrogen (secondary N) is 3. The van der Waals surface area contributed by atoms with E-state index in [2.05, 4.69) is 20.3 Å². The van der Waals surface area contributed by atoms with Crippen LogP contribution in [0.15, 0.2) is 24.5 Å². The minimum atomic E-state index is -0.583. The van der Waals surface area contributed by atoms with E-state index in [4.69, 9.17) is 0 Å². The average molecular weight is 263 g/mol. The van der Waals surface area contributed by atoms with Crippen molar-refractivity contribution >= 4 is 11.7 Å². The van der Waals surface area contributed by atoms with E-state index in [-0.39, 0.29) is 17.6 Å². The molecule has 8 heteroatoms. The predicted molar refractivity (Wildman–Crippen MR) is 66.5 cm³/mol. The lowest BCUT2D eigenvalue weighted by Gasteiger charge is -2.13. The summed E-state index contributed by atoms with van der Waals surface area (Å²) in [7, 11) is 0. The summed E-state index contributed by atoms with van der Waals surface area (Å²) < 4.78 is 0. The summed E-state index contributed by atoms with van der Waals surface area (Å²) in [5.41, 5.74) is 0.150. The molecule has 3 N–H and O–H groups in total. The quantitative estimate of drug-likeness (QED) is 0.560. The van der Waals surface area contributed by atoms with Gasteiger partial charge in [0.2, 0.25) is 0 Å². The number of carbonyl (C=O) groups excluding carboxylic acids is 1. The van der Waals surface area contributed by atoms with Crippen LogP contribution in [0.2, 0.25) is 0 Å². The number of hydrogen-bond acceptors (Lipinski definition) is 4. The number of nitro groups is 1. The number of hydrogen-bond donors (Lipinski definition) is 3. The first-order valence-corrected chi connectivity index (χ1v) is 5.75. The number of H-pyrrole nitrogens is 2. The fraction of sp³-hybridized carbons (Fsp3) is 0.273.